The van der Waals surface area contributed by atoms with Crippen LogP contribution < -0.4 is 15.5 Å². The summed E-state index contributed by atoms with van der Waals surface area (Å²) in [5, 5.41) is 10.4. The molecule has 212 valence electrons. The lowest BCUT2D eigenvalue weighted by Crippen LogP contribution is -2.34. The van der Waals surface area contributed by atoms with Gasteiger partial charge in [-0.05, 0) is 55.8 Å². The molecule has 1 aliphatic rings. The summed E-state index contributed by atoms with van der Waals surface area (Å²) in [6, 6.07) is 13.2. The van der Waals surface area contributed by atoms with Crippen LogP contribution in [0.25, 0.3) is 0 Å². The Hall–Kier alpha value is -4.28. The lowest BCUT2D eigenvalue weighted by atomic mass is 9.95. The third kappa shape index (κ3) is 6.13. The number of aromatic nitrogens is 2. The summed E-state index contributed by atoms with van der Waals surface area (Å²) >= 11 is 0. The van der Waals surface area contributed by atoms with Crippen LogP contribution in [0.4, 0.5) is 25.0 Å². The van der Waals surface area contributed by atoms with E-state index < -0.39 is 12.2 Å². The largest absolute Gasteiger partial charge is 0.366 e. The van der Waals surface area contributed by atoms with Crippen LogP contribution in [0.1, 0.15) is 70.4 Å². The first-order valence-corrected chi connectivity index (χ1v) is 13.1. The first-order valence-electron chi connectivity index (χ1n) is 13.1. The van der Waals surface area contributed by atoms with Gasteiger partial charge >= 0.3 is 12.5 Å². The zero-order valence-electron chi connectivity index (χ0n) is 23.2. The van der Waals surface area contributed by atoms with Crippen LogP contribution in [0.2, 0.25) is 0 Å². The Morgan fingerprint density at radius 3 is 2.27 bits per heavy atom. The van der Waals surface area contributed by atoms with Crippen molar-refractivity contribution in [3.05, 3.63) is 76.6 Å². The van der Waals surface area contributed by atoms with Gasteiger partial charge in [0.1, 0.15) is 0 Å². The van der Waals surface area contributed by atoms with E-state index in [4.69, 9.17) is 5.10 Å². The molecule has 4 rings (SSSR count). The number of Topliss-reactive ketones (excluding diaryl/α,β-unsaturated/α-hetero) is 1. The Morgan fingerprint density at radius 1 is 1.05 bits per heavy atom. The van der Waals surface area contributed by atoms with E-state index in [1.54, 1.807) is 38.4 Å². The van der Waals surface area contributed by atoms with Crippen molar-refractivity contribution in [2.24, 2.45) is 0 Å². The summed E-state index contributed by atoms with van der Waals surface area (Å²) in [7, 11) is 3.32. The van der Waals surface area contributed by atoms with Gasteiger partial charge in [-0.2, -0.15) is 5.10 Å². The fraction of sp³-hybridized carbons (Fsp3) is 0.379. The van der Waals surface area contributed by atoms with Gasteiger partial charge in [-0.15, -0.1) is 0 Å². The van der Waals surface area contributed by atoms with Crippen molar-refractivity contribution in [1.29, 1.82) is 0 Å². The highest BCUT2D eigenvalue weighted by Crippen LogP contribution is 2.35. The zero-order valence-corrected chi connectivity index (χ0v) is 23.2. The predicted molar refractivity (Wildman–Crippen MR) is 149 cm³/mol. The highest BCUT2D eigenvalue weighted by molar-refractivity contribution is 5.98. The van der Waals surface area contributed by atoms with E-state index in [-0.39, 0.29) is 36.0 Å². The molecule has 1 aromatic heterocycles. The number of urea groups is 1. The number of nitrogens with one attached hydrogen (secondary N) is 2. The molecule has 1 atom stereocenters. The van der Waals surface area contributed by atoms with Gasteiger partial charge in [0.15, 0.2) is 5.69 Å². The van der Waals surface area contributed by atoms with Crippen LogP contribution >= 0.6 is 0 Å². The van der Waals surface area contributed by atoms with E-state index >= 15 is 0 Å². The molecular formula is C29H34F2N6O3. The second-order valence-electron chi connectivity index (χ2n) is 10.4. The number of fused-ring (bicyclic) bond motifs is 1. The van der Waals surface area contributed by atoms with Gasteiger partial charge in [0.05, 0.1) is 0 Å². The fourth-order valence-electron chi connectivity index (χ4n) is 4.78. The molecular weight excluding hydrogens is 518 g/mol. The second-order valence-corrected chi connectivity index (χ2v) is 10.4. The minimum Gasteiger partial charge on any atom is -0.366 e. The van der Waals surface area contributed by atoms with Gasteiger partial charge in [-0.3, -0.25) is 14.3 Å². The lowest BCUT2D eigenvalue weighted by molar-refractivity contribution is 0.0678. The molecule has 2 heterocycles. The number of halogens is 2. The van der Waals surface area contributed by atoms with Crippen LogP contribution in [-0.4, -0.2) is 59.5 Å². The molecule has 0 radical (unpaired) electrons. The van der Waals surface area contributed by atoms with E-state index in [1.807, 2.05) is 30.7 Å². The van der Waals surface area contributed by atoms with Gasteiger partial charge in [0.2, 0.25) is 5.78 Å². The van der Waals surface area contributed by atoms with Crippen molar-refractivity contribution in [1.82, 2.24) is 20.0 Å². The number of benzene rings is 2. The van der Waals surface area contributed by atoms with Crippen LogP contribution in [-0.2, 0) is 13.1 Å². The predicted octanol–water partition coefficient (Wildman–Crippen LogP) is 5.06. The number of hydrogen-bond donors (Lipinski definition) is 2. The topological polar surface area (TPSA) is 99.6 Å². The Kier molecular flexibility index (Phi) is 8.51. The van der Waals surface area contributed by atoms with Gasteiger partial charge in [0, 0.05) is 73.9 Å². The van der Waals surface area contributed by atoms with Crippen molar-refractivity contribution in [3.63, 3.8) is 0 Å². The Labute approximate surface area is 232 Å². The maximum absolute atomic E-state index is 13.4. The number of rotatable bonds is 8. The third-order valence-corrected chi connectivity index (χ3v) is 6.84. The molecule has 9 nitrogen and oxygen atoms in total. The van der Waals surface area contributed by atoms with Crippen molar-refractivity contribution >= 4 is 29.1 Å². The van der Waals surface area contributed by atoms with Crippen molar-refractivity contribution in [2.75, 3.05) is 30.9 Å². The quantitative estimate of drug-likeness (QED) is 0.381. The highest BCUT2D eigenvalue weighted by Gasteiger charge is 2.33. The summed E-state index contributed by atoms with van der Waals surface area (Å²) in [6.07, 6.45) is -3.05. The normalized spacial score (nSPS) is 14.7. The van der Waals surface area contributed by atoms with Gasteiger partial charge in [-0.25, -0.2) is 13.6 Å². The summed E-state index contributed by atoms with van der Waals surface area (Å²) in [5.41, 5.74) is 4.42. The molecule has 3 aromatic rings. The van der Waals surface area contributed by atoms with Crippen LogP contribution in [0, 0.1) is 0 Å². The summed E-state index contributed by atoms with van der Waals surface area (Å²) in [6.45, 7) is 7.44. The molecule has 0 bridgehead atoms. The van der Waals surface area contributed by atoms with E-state index in [0.29, 0.717) is 24.5 Å². The first-order chi connectivity index (χ1) is 19.0. The molecule has 2 N–H and O–H groups in total. The maximum Gasteiger partial charge on any atom is 0.321 e. The number of nitrogens with zero attached hydrogens (tertiary/aromatic N) is 4. The van der Waals surface area contributed by atoms with E-state index in [1.165, 1.54) is 17.0 Å². The number of amides is 3. The van der Waals surface area contributed by atoms with Crippen LogP contribution in [0.5, 0.6) is 0 Å². The standard InChI is InChI=1S/C29H34F2N6O3/c1-17(2)37-25-18(3)15-36(22-12-8-20(9-13-22)26(38)27(30)31)16-23(25)24(34-37)28(39)32-14-19-6-10-21(11-7-19)33-29(40)35(4)5/h6-13,17-18,27H,14-16H2,1-5H3,(H,32,39)(H,33,40)/t18-/m0/s1. The number of alkyl halides is 2. The average molecular weight is 553 g/mol. The second kappa shape index (κ2) is 11.8. The molecule has 0 unspecified atom stereocenters. The van der Waals surface area contributed by atoms with Crippen LogP contribution in [0.15, 0.2) is 48.5 Å². The Balaban J connectivity index is 1.52. The number of anilines is 2. The van der Waals surface area contributed by atoms with Crippen molar-refractivity contribution < 1.29 is 23.2 Å². The fourth-order valence-corrected chi connectivity index (χ4v) is 4.78. The number of carbonyl (C=O) groups excluding carboxylic acids is 3. The van der Waals surface area contributed by atoms with E-state index in [9.17, 15) is 23.2 Å². The molecule has 0 spiro atoms. The first kappa shape index (κ1) is 28.7. The molecule has 0 fully saturated rings. The highest BCUT2D eigenvalue weighted by atomic mass is 19.3. The smallest absolute Gasteiger partial charge is 0.321 e. The Morgan fingerprint density at radius 2 is 1.70 bits per heavy atom. The number of hydrogen-bond acceptors (Lipinski definition) is 5. The molecule has 0 saturated carbocycles. The number of ketones is 1. The summed E-state index contributed by atoms with van der Waals surface area (Å²) < 4.78 is 27.5. The van der Waals surface area contributed by atoms with Gasteiger partial charge in [-0.1, -0.05) is 19.1 Å². The zero-order chi connectivity index (χ0) is 29.1. The van der Waals surface area contributed by atoms with Gasteiger partial charge in [0.25, 0.3) is 5.91 Å². The van der Waals surface area contributed by atoms with E-state index in [2.05, 4.69) is 22.5 Å². The lowest BCUT2D eigenvalue weighted by Gasteiger charge is -2.34. The maximum atomic E-state index is 13.4. The van der Waals surface area contributed by atoms with Crippen molar-refractivity contribution in [3.8, 4) is 0 Å². The molecule has 3 amide bonds. The van der Waals surface area contributed by atoms with Crippen LogP contribution in [0.3, 0.4) is 0 Å². The number of carbonyl (C=O) groups is 3. The monoisotopic (exact) mass is 552 g/mol. The molecule has 11 heteroatoms. The summed E-state index contributed by atoms with van der Waals surface area (Å²) in [5.74, 6) is -1.45. The Bertz CT molecular complexity index is 1380. The van der Waals surface area contributed by atoms with Crippen molar-refractivity contribution in [2.45, 2.75) is 52.2 Å². The summed E-state index contributed by atoms with van der Waals surface area (Å²) in [4.78, 5) is 40.4. The molecule has 40 heavy (non-hydrogen) atoms. The third-order valence-electron chi connectivity index (χ3n) is 6.84. The SMILES string of the molecule is CC(C)n1nc(C(=O)NCc2ccc(NC(=O)N(C)C)cc2)c2c1[C@@H](C)CN(c1ccc(C(=O)C(F)F)cc1)C2. The average Bonchev–Trinajstić information content (AvgIpc) is 3.33. The minimum absolute atomic E-state index is 0.0368. The molecule has 0 saturated heterocycles. The molecule has 0 aliphatic carbocycles. The molecule has 1 aliphatic heterocycles. The van der Waals surface area contributed by atoms with E-state index in [0.717, 1.165) is 22.5 Å². The molecule has 2 aromatic carbocycles. The minimum atomic E-state index is -3.05. The van der Waals surface area contributed by atoms with Gasteiger partial charge < -0.3 is 20.4 Å².